The number of carbonyl (C=O) groups excluding carboxylic acids is 1. The van der Waals surface area contributed by atoms with E-state index >= 15 is 0 Å². The van der Waals surface area contributed by atoms with Crippen LogP contribution in [0.1, 0.15) is 20.8 Å². The van der Waals surface area contributed by atoms with Crippen LogP contribution < -0.4 is 5.32 Å². The predicted molar refractivity (Wildman–Crippen MR) is 102 cm³/mol. The molecule has 1 aromatic heterocycles. The third kappa shape index (κ3) is 3.88. The molecule has 0 radical (unpaired) electrons. The maximum absolute atomic E-state index is 12.6. The fraction of sp³-hybridized carbons (Fsp3) is 0.158. The van der Waals surface area contributed by atoms with Crippen molar-refractivity contribution >= 4 is 44.9 Å². The van der Waals surface area contributed by atoms with E-state index in [4.69, 9.17) is 11.6 Å². The minimum absolute atomic E-state index is 0.106. The molecule has 2 aromatic carbocycles. The average molecular weight is 390 g/mol. The van der Waals surface area contributed by atoms with Crippen LogP contribution in [0.25, 0.3) is 10.1 Å². The summed E-state index contributed by atoms with van der Waals surface area (Å²) in [4.78, 5) is 24.4. The number of aliphatic carboxylic acids is 1. The van der Waals surface area contributed by atoms with Gasteiger partial charge in [-0.2, -0.15) is 0 Å². The number of carbonyl (C=O) groups is 2. The third-order valence-corrected chi connectivity index (χ3v) is 5.62. The molecule has 0 bridgehead atoms. The highest BCUT2D eigenvalue weighted by Gasteiger charge is 2.24. The topological polar surface area (TPSA) is 86.6 Å². The van der Waals surface area contributed by atoms with Gasteiger partial charge in [0.05, 0.1) is 11.6 Å². The Bertz CT molecular complexity index is 955. The molecule has 0 fully saturated rings. The van der Waals surface area contributed by atoms with E-state index < -0.39 is 17.9 Å². The average Bonchev–Trinajstić information content (AvgIpc) is 2.98. The highest BCUT2D eigenvalue weighted by Crippen LogP contribution is 2.36. The molecule has 0 saturated carbocycles. The number of carboxylic acid groups (broad SMARTS) is 1. The summed E-state index contributed by atoms with van der Waals surface area (Å²) in [6.07, 6.45) is 0.180. The number of nitrogens with one attached hydrogen (secondary N) is 1. The number of hydrogen-bond acceptors (Lipinski definition) is 4. The number of aliphatic hydroxyl groups excluding tert-OH is 1. The summed E-state index contributed by atoms with van der Waals surface area (Å²) >= 11 is 7.48. The van der Waals surface area contributed by atoms with Gasteiger partial charge < -0.3 is 15.5 Å². The third-order valence-electron chi connectivity index (χ3n) is 3.97. The molecule has 0 saturated heterocycles. The van der Waals surface area contributed by atoms with Crippen LogP contribution in [0.2, 0.25) is 5.02 Å². The number of halogens is 1. The lowest BCUT2D eigenvalue weighted by Gasteiger charge is -2.14. The Morgan fingerprint density at radius 1 is 1.12 bits per heavy atom. The summed E-state index contributed by atoms with van der Waals surface area (Å²) in [5.41, 5.74) is 1.53. The Morgan fingerprint density at radius 3 is 2.50 bits per heavy atom. The van der Waals surface area contributed by atoms with Crippen LogP contribution in [0.5, 0.6) is 0 Å². The van der Waals surface area contributed by atoms with Crippen LogP contribution in [0.3, 0.4) is 0 Å². The molecule has 5 nitrogen and oxygen atoms in total. The van der Waals surface area contributed by atoms with Crippen molar-refractivity contribution in [2.75, 3.05) is 0 Å². The second-order valence-corrected chi connectivity index (χ2v) is 7.22. The van der Waals surface area contributed by atoms with Gasteiger partial charge in [0, 0.05) is 16.5 Å². The normalized spacial score (nSPS) is 12.1. The molecule has 0 aliphatic rings. The largest absolute Gasteiger partial charge is 0.480 e. The number of fused-ring (bicyclic) bond motifs is 1. The Balaban J connectivity index is 1.84. The van der Waals surface area contributed by atoms with Crippen LogP contribution in [-0.2, 0) is 17.8 Å². The van der Waals surface area contributed by atoms with E-state index in [0.29, 0.717) is 5.39 Å². The zero-order valence-corrected chi connectivity index (χ0v) is 15.2. The number of aliphatic hydroxyl groups is 1. The fourth-order valence-corrected chi connectivity index (χ4v) is 4.11. The monoisotopic (exact) mass is 389 g/mol. The van der Waals surface area contributed by atoms with Crippen LogP contribution >= 0.6 is 22.9 Å². The van der Waals surface area contributed by atoms with Gasteiger partial charge in [-0.15, -0.1) is 11.3 Å². The number of hydrogen-bond donors (Lipinski definition) is 3. The molecule has 0 unspecified atom stereocenters. The number of rotatable bonds is 6. The highest BCUT2D eigenvalue weighted by atomic mass is 35.5. The number of benzene rings is 2. The fourth-order valence-electron chi connectivity index (χ4n) is 2.63. The highest BCUT2D eigenvalue weighted by molar-refractivity contribution is 7.21. The van der Waals surface area contributed by atoms with Crippen molar-refractivity contribution < 1.29 is 19.8 Å². The van der Waals surface area contributed by atoms with Gasteiger partial charge in [0.1, 0.15) is 10.9 Å². The Hall–Kier alpha value is -2.41. The van der Waals surface area contributed by atoms with Crippen LogP contribution in [0.4, 0.5) is 0 Å². The molecule has 1 amide bonds. The minimum Gasteiger partial charge on any atom is -0.480 e. The van der Waals surface area contributed by atoms with Crippen LogP contribution in [-0.4, -0.2) is 28.1 Å². The van der Waals surface area contributed by atoms with E-state index in [0.717, 1.165) is 15.8 Å². The molecule has 0 aliphatic carbocycles. The van der Waals surface area contributed by atoms with Gasteiger partial charge >= 0.3 is 5.97 Å². The maximum atomic E-state index is 12.6. The van der Waals surface area contributed by atoms with E-state index in [-0.39, 0.29) is 22.9 Å². The molecule has 26 heavy (non-hydrogen) atoms. The summed E-state index contributed by atoms with van der Waals surface area (Å²) in [6.45, 7) is -0.106. The molecule has 3 N–H and O–H groups in total. The van der Waals surface area contributed by atoms with Crippen LogP contribution in [0.15, 0.2) is 48.5 Å². The van der Waals surface area contributed by atoms with Crippen molar-refractivity contribution in [3.05, 3.63) is 69.6 Å². The molecule has 134 valence electrons. The smallest absolute Gasteiger partial charge is 0.326 e. The van der Waals surface area contributed by atoms with E-state index in [1.807, 2.05) is 30.3 Å². The standard InChI is InChI=1S/C19H16ClNO4S/c20-16-13-7-6-12(10-22)9-15(13)26-17(16)18(23)21-14(19(24)25)8-11-4-2-1-3-5-11/h1-7,9,14,22H,8,10H2,(H,21,23)(H,24,25)/t14-/m1/s1. The molecular formula is C19H16ClNO4S. The molecule has 1 atom stereocenters. The second-order valence-electron chi connectivity index (χ2n) is 5.79. The maximum Gasteiger partial charge on any atom is 0.326 e. The minimum atomic E-state index is -1.11. The van der Waals surface area contributed by atoms with Crippen molar-refractivity contribution in [3.8, 4) is 0 Å². The molecular weight excluding hydrogens is 374 g/mol. The summed E-state index contributed by atoms with van der Waals surface area (Å²) in [6, 6.07) is 13.3. The summed E-state index contributed by atoms with van der Waals surface area (Å²) in [5, 5.41) is 22.2. The summed E-state index contributed by atoms with van der Waals surface area (Å²) < 4.78 is 0.765. The number of carboxylic acids is 1. The van der Waals surface area contributed by atoms with Gasteiger partial charge in [0.2, 0.25) is 0 Å². The van der Waals surface area contributed by atoms with Crippen molar-refractivity contribution in [1.29, 1.82) is 0 Å². The molecule has 0 aliphatic heterocycles. The van der Waals surface area contributed by atoms with Crippen molar-refractivity contribution in [2.24, 2.45) is 0 Å². The first-order valence-corrected chi connectivity index (χ1v) is 9.08. The van der Waals surface area contributed by atoms with Gasteiger partial charge in [-0.25, -0.2) is 4.79 Å². The van der Waals surface area contributed by atoms with Gasteiger partial charge in [0.25, 0.3) is 5.91 Å². The van der Waals surface area contributed by atoms with Crippen molar-refractivity contribution in [1.82, 2.24) is 5.32 Å². The molecule has 3 rings (SSSR count). The lowest BCUT2D eigenvalue weighted by molar-refractivity contribution is -0.139. The first kappa shape index (κ1) is 18.4. The Morgan fingerprint density at radius 2 is 1.85 bits per heavy atom. The summed E-state index contributed by atoms with van der Waals surface area (Å²) in [5.74, 6) is -1.63. The first-order chi connectivity index (χ1) is 12.5. The molecule has 7 heteroatoms. The Kier molecular flexibility index (Phi) is 5.56. The molecule has 1 heterocycles. The van der Waals surface area contributed by atoms with E-state index in [1.54, 1.807) is 18.2 Å². The predicted octanol–water partition coefficient (Wildman–Crippen LogP) is 3.47. The van der Waals surface area contributed by atoms with Crippen molar-refractivity contribution in [3.63, 3.8) is 0 Å². The second kappa shape index (κ2) is 7.86. The molecule has 3 aromatic rings. The zero-order valence-electron chi connectivity index (χ0n) is 13.6. The Labute approximate surface area is 158 Å². The van der Waals surface area contributed by atoms with E-state index in [2.05, 4.69) is 5.32 Å². The lowest BCUT2D eigenvalue weighted by atomic mass is 10.1. The quantitative estimate of drug-likeness (QED) is 0.602. The number of amides is 1. The summed E-state index contributed by atoms with van der Waals surface area (Å²) in [7, 11) is 0. The lowest BCUT2D eigenvalue weighted by Crippen LogP contribution is -2.42. The van der Waals surface area contributed by atoms with Gasteiger partial charge in [-0.3, -0.25) is 4.79 Å². The van der Waals surface area contributed by atoms with E-state index in [9.17, 15) is 19.8 Å². The van der Waals surface area contributed by atoms with E-state index in [1.165, 1.54) is 11.3 Å². The van der Waals surface area contributed by atoms with Gasteiger partial charge in [-0.1, -0.05) is 54.1 Å². The SMILES string of the molecule is O=C(N[C@H](Cc1ccccc1)C(=O)O)c1sc2cc(CO)ccc2c1Cl. The van der Waals surface area contributed by atoms with Crippen molar-refractivity contribution in [2.45, 2.75) is 19.1 Å². The van der Waals surface area contributed by atoms with Crippen LogP contribution in [0, 0.1) is 0 Å². The molecule has 0 spiro atoms. The van der Waals surface area contributed by atoms with Gasteiger partial charge in [0.15, 0.2) is 0 Å². The number of thiophene rings is 1. The van der Waals surface area contributed by atoms with Gasteiger partial charge in [-0.05, 0) is 17.2 Å². The zero-order chi connectivity index (χ0) is 18.7. The first-order valence-electron chi connectivity index (χ1n) is 7.89.